The molecule has 0 aromatic carbocycles. The Hall–Kier alpha value is -0.620. The molecule has 0 spiro atoms. The molecule has 2 rings (SSSR count). The molecule has 19 heavy (non-hydrogen) atoms. The summed E-state index contributed by atoms with van der Waals surface area (Å²) >= 11 is 0. The molecule has 5 nitrogen and oxygen atoms in total. The van der Waals surface area contributed by atoms with Gasteiger partial charge in [-0.3, -0.25) is 4.79 Å². The van der Waals surface area contributed by atoms with Gasteiger partial charge in [-0.2, -0.15) is 0 Å². The average molecular weight is 290 g/mol. The van der Waals surface area contributed by atoms with Crippen molar-refractivity contribution < 1.29 is 23.4 Å². The number of carbonyl (C=O) groups is 1. The molecule has 0 aromatic rings. The Kier molecular flexibility index (Phi) is 4.20. The molecule has 2 N–H and O–H groups in total. The highest BCUT2D eigenvalue weighted by molar-refractivity contribution is 7.92. The van der Waals surface area contributed by atoms with Crippen molar-refractivity contribution in [2.75, 3.05) is 5.75 Å². The molecule has 2 aliphatic carbocycles. The number of hydrogen-bond acceptors (Lipinski definition) is 4. The Morgan fingerprint density at radius 2 is 1.63 bits per heavy atom. The lowest BCUT2D eigenvalue weighted by atomic mass is 9.80. The molecule has 0 aromatic heterocycles. The first kappa shape index (κ1) is 14.8. The van der Waals surface area contributed by atoms with E-state index in [0.29, 0.717) is 25.7 Å². The highest BCUT2D eigenvalue weighted by Gasteiger charge is 2.41. The minimum atomic E-state index is -3.25. The second-order valence-electron chi connectivity index (χ2n) is 6.05. The predicted octanol–water partition coefficient (Wildman–Crippen LogP) is 1.35. The maximum atomic E-state index is 12.2. The second kappa shape index (κ2) is 5.40. The number of rotatable bonds is 4. The molecule has 0 unspecified atom stereocenters. The average Bonchev–Trinajstić information content (AvgIpc) is 2.82. The largest absolute Gasteiger partial charge is 0.481 e. The van der Waals surface area contributed by atoms with E-state index in [1.165, 1.54) is 0 Å². The van der Waals surface area contributed by atoms with Gasteiger partial charge in [0, 0.05) is 0 Å². The molecule has 0 atom stereocenters. The summed E-state index contributed by atoms with van der Waals surface area (Å²) in [5.74, 6) is -1.48. The quantitative estimate of drug-likeness (QED) is 0.815. The van der Waals surface area contributed by atoms with E-state index in [9.17, 15) is 18.3 Å². The van der Waals surface area contributed by atoms with E-state index in [4.69, 9.17) is 5.11 Å². The van der Waals surface area contributed by atoms with E-state index in [2.05, 4.69) is 0 Å². The van der Waals surface area contributed by atoms with Gasteiger partial charge in [0.25, 0.3) is 0 Å². The number of aliphatic carboxylic acids is 1. The van der Waals surface area contributed by atoms with Crippen LogP contribution in [0.5, 0.6) is 0 Å². The van der Waals surface area contributed by atoms with Crippen LogP contribution in [0.15, 0.2) is 0 Å². The molecule has 0 aliphatic heterocycles. The standard InChI is InChI=1S/C13H22O5S/c14-12(15)10-5-7-13(16,8-6-10)9-19(17,18)11-3-1-2-4-11/h10-11,16H,1-9H2,(H,14,15). The van der Waals surface area contributed by atoms with Crippen molar-refractivity contribution in [3.63, 3.8) is 0 Å². The van der Waals surface area contributed by atoms with Gasteiger partial charge >= 0.3 is 5.97 Å². The van der Waals surface area contributed by atoms with Crippen LogP contribution in [0.4, 0.5) is 0 Å². The fourth-order valence-electron chi connectivity index (χ4n) is 3.29. The van der Waals surface area contributed by atoms with Crippen molar-refractivity contribution in [1.29, 1.82) is 0 Å². The Morgan fingerprint density at radius 3 is 2.11 bits per heavy atom. The maximum Gasteiger partial charge on any atom is 0.306 e. The first-order valence-corrected chi connectivity index (χ1v) is 8.71. The minimum Gasteiger partial charge on any atom is -0.481 e. The zero-order valence-corrected chi connectivity index (χ0v) is 11.9. The topological polar surface area (TPSA) is 91.7 Å². The normalized spacial score (nSPS) is 33.4. The Bertz CT molecular complexity index is 428. The Labute approximate surface area is 113 Å². The fourth-order valence-corrected chi connectivity index (χ4v) is 5.61. The van der Waals surface area contributed by atoms with Gasteiger partial charge in [-0.25, -0.2) is 8.42 Å². The van der Waals surface area contributed by atoms with E-state index >= 15 is 0 Å². The molecule has 0 saturated heterocycles. The molecule has 6 heteroatoms. The molecular weight excluding hydrogens is 268 g/mol. The van der Waals surface area contributed by atoms with Gasteiger partial charge in [0.2, 0.25) is 0 Å². The minimum absolute atomic E-state index is 0.197. The van der Waals surface area contributed by atoms with Crippen molar-refractivity contribution in [1.82, 2.24) is 0 Å². The van der Waals surface area contributed by atoms with Gasteiger partial charge < -0.3 is 10.2 Å². The Morgan fingerprint density at radius 1 is 1.11 bits per heavy atom. The number of sulfone groups is 1. The van der Waals surface area contributed by atoms with Crippen LogP contribution in [0.25, 0.3) is 0 Å². The maximum absolute atomic E-state index is 12.2. The zero-order chi connectivity index (χ0) is 14.1. The molecule has 2 fully saturated rings. The highest BCUT2D eigenvalue weighted by atomic mass is 32.2. The third-order valence-electron chi connectivity index (χ3n) is 4.55. The lowest BCUT2D eigenvalue weighted by molar-refractivity contribution is -0.144. The second-order valence-corrected chi connectivity index (χ2v) is 8.33. The van der Waals surface area contributed by atoms with E-state index in [1.54, 1.807) is 0 Å². The summed E-state index contributed by atoms with van der Waals surface area (Å²) in [7, 11) is -3.25. The van der Waals surface area contributed by atoms with Crippen molar-refractivity contribution in [3.05, 3.63) is 0 Å². The highest BCUT2D eigenvalue weighted by Crippen LogP contribution is 2.35. The molecule has 0 radical (unpaired) electrons. The third kappa shape index (κ3) is 3.48. The monoisotopic (exact) mass is 290 g/mol. The SMILES string of the molecule is O=C(O)C1CCC(O)(CS(=O)(=O)C2CCCC2)CC1. The first-order chi connectivity index (χ1) is 8.82. The van der Waals surface area contributed by atoms with E-state index in [1.807, 2.05) is 0 Å². The number of aliphatic hydroxyl groups is 1. The summed E-state index contributed by atoms with van der Waals surface area (Å²) < 4.78 is 24.5. The van der Waals surface area contributed by atoms with Gasteiger partial charge in [-0.1, -0.05) is 12.8 Å². The van der Waals surface area contributed by atoms with Crippen LogP contribution in [0.1, 0.15) is 51.4 Å². The molecule has 0 amide bonds. The van der Waals surface area contributed by atoms with Gasteiger partial charge in [0.05, 0.1) is 22.5 Å². The lowest BCUT2D eigenvalue weighted by Crippen LogP contribution is -2.43. The molecule has 0 heterocycles. The van der Waals surface area contributed by atoms with Crippen LogP contribution in [-0.2, 0) is 14.6 Å². The predicted molar refractivity (Wildman–Crippen MR) is 70.6 cm³/mol. The fraction of sp³-hybridized carbons (Fsp3) is 0.923. The molecule has 2 saturated carbocycles. The molecule has 110 valence electrons. The smallest absolute Gasteiger partial charge is 0.306 e. The number of carboxylic acids is 1. The summed E-state index contributed by atoms with van der Waals surface area (Å²) in [6, 6.07) is 0. The van der Waals surface area contributed by atoms with Crippen LogP contribution < -0.4 is 0 Å². The van der Waals surface area contributed by atoms with Crippen molar-refractivity contribution in [3.8, 4) is 0 Å². The van der Waals surface area contributed by atoms with Gasteiger partial charge in [0.1, 0.15) is 0 Å². The van der Waals surface area contributed by atoms with Crippen LogP contribution in [0.2, 0.25) is 0 Å². The molecule has 2 aliphatic rings. The summed E-state index contributed by atoms with van der Waals surface area (Å²) in [6.45, 7) is 0. The number of hydrogen-bond donors (Lipinski definition) is 2. The summed E-state index contributed by atoms with van der Waals surface area (Å²) in [5, 5.41) is 19.0. The van der Waals surface area contributed by atoms with E-state index in [0.717, 1.165) is 12.8 Å². The zero-order valence-electron chi connectivity index (χ0n) is 11.0. The molecular formula is C13H22O5S. The van der Waals surface area contributed by atoms with Crippen molar-refractivity contribution in [2.45, 2.75) is 62.2 Å². The Balaban J connectivity index is 1.97. The van der Waals surface area contributed by atoms with Crippen LogP contribution in [0, 0.1) is 5.92 Å². The van der Waals surface area contributed by atoms with Gasteiger partial charge in [-0.05, 0) is 38.5 Å². The summed E-state index contributed by atoms with van der Waals surface area (Å²) in [4.78, 5) is 10.9. The van der Waals surface area contributed by atoms with Crippen molar-refractivity contribution >= 4 is 15.8 Å². The number of carboxylic acid groups (broad SMARTS) is 1. The summed E-state index contributed by atoms with van der Waals surface area (Å²) in [5.41, 5.74) is -1.21. The lowest BCUT2D eigenvalue weighted by Gasteiger charge is -2.35. The van der Waals surface area contributed by atoms with Gasteiger partial charge in [-0.15, -0.1) is 0 Å². The summed E-state index contributed by atoms with van der Waals surface area (Å²) in [6.07, 6.45) is 4.59. The van der Waals surface area contributed by atoms with Crippen LogP contribution in [0.3, 0.4) is 0 Å². The van der Waals surface area contributed by atoms with E-state index < -0.39 is 27.3 Å². The van der Waals surface area contributed by atoms with E-state index in [-0.39, 0.29) is 23.8 Å². The van der Waals surface area contributed by atoms with Crippen LogP contribution >= 0.6 is 0 Å². The van der Waals surface area contributed by atoms with Gasteiger partial charge in [0.15, 0.2) is 9.84 Å². The molecule has 0 bridgehead atoms. The third-order valence-corrected chi connectivity index (χ3v) is 6.97. The first-order valence-electron chi connectivity index (χ1n) is 6.99. The van der Waals surface area contributed by atoms with Crippen molar-refractivity contribution in [2.24, 2.45) is 5.92 Å². The van der Waals surface area contributed by atoms with Crippen LogP contribution in [-0.4, -0.2) is 41.2 Å².